The fourth-order valence-electron chi connectivity index (χ4n) is 2.54. The fraction of sp³-hybridized carbons (Fsp3) is 0.222. The number of nitriles is 1. The molecular weight excluding hydrogens is 324 g/mol. The minimum Gasteiger partial charge on any atom is -0.380 e. The number of aromatic nitrogens is 2. The lowest BCUT2D eigenvalue weighted by Crippen LogP contribution is -2.26. The first-order valence-electron chi connectivity index (χ1n) is 7.51. The van der Waals surface area contributed by atoms with Crippen LogP contribution in [-0.4, -0.2) is 23.2 Å². The van der Waals surface area contributed by atoms with E-state index in [1.54, 1.807) is 19.2 Å². The smallest absolute Gasteiger partial charge is 0.126 e. The third-order valence-electron chi connectivity index (χ3n) is 4.10. The molecule has 3 N–H and O–H groups in total. The van der Waals surface area contributed by atoms with Crippen molar-refractivity contribution in [2.24, 2.45) is 5.73 Å². The molecule has 0 bridgehead atoms. The molecule has 0 radical (unpaired) electrons. The average molecular weight is 341 g/mol. The van der Waals surface area contributed by atoms with Crippen LogP contribution in [0.2, 0.25) is 5.02 Å². The predicted octanol–water partition coefficient (Wildman–Crippen LogP) is 3.79. The quantitative estimate of drug-likeness (QED) is 0.756. The van der Waals surface area contributed by atoms with Crippen LogP contribution in [0.4, 0.5) is 0 Å². The summed E-state index contributed by atoms with van der Waals surface area (Å²) in [5, 5.41) is 9.48. The van der Waals surface area contributed by atoms with E-state index in [1.165, 1.54) is 0 Å². The average Bonchev–Trinajstić information content (AvgIpc) is 3.03. The van der Waals surface area contributed by atoms with Crippen LogP contribution in [0.5, 0.6) is 0 Å². The number of nitrogens with zero attached hydrogens (tertiary/aromatic N) is 2. The Morgan fingerprint density at radius 3 is 2.75 bits per heavy atom. The molecule has 1 aromatic heterocycles. The Morgan fingerprint density at radius 2 is 2.08 bits per heavy atom. The number of ether oxygens (including phenoxy) is 1. The van der Waals surface area contributed by atoms with E-state index in [4.69, 9.17) is 27.3 Å². The van der Waals surface area contributed by atoms with Crippen LogP contribution in [0.1, 0.15) is 24.4 Å². The van der Waals surface area contributed by atoms with Gasteiger partial charge < -0.3 is 15.5 Å². The Morgan fingerprint density at radius 1 is 1.29 bits per heavy atom. The Hall–Kier alpha value is -2.39. The molecule has 0 saturated heterocycles. The Bertz CT molecular complexity index is 928. The summed E-state index contributed by atoms with van der Waals surface area (Å²) in [6.07, 6.45) is -0.141. The van der Waals surface area contributed by atoms with E-state index in [0.29, 0.717) is 16.4 Å². The summed E-state index contributed by atoms with van der Waals surface area (Å²) >= 11 is 6.30. The number of nitrogens with two attached hydrogens (primary N) is 1. The zero-order valence-corrected chi connectivity index (χ0v) is 14.1. The summed E-state index contributed by atoms with van der Waals surface area (Å²) in [7, 11) is 1.62. The first kappa shape index (κ1) is 16.5. The molecule has 3 aromatic rings. The molecule has 122 valence electrons. The molecule has 0 fully saturated rings. The molecule has 1 heterocycles. The maximum Gasteiger partial charge on any atom is 0.126 e. The van der Waals surface area contributed by atoms with Gasteiger partial charge in [-0.25, -0.2) is 4.98 Å². The molecule has 0 aliphatic heterocycles. The van der Waals surface area contributed by atoms with E-state index in [0.717, 1.165) is 22.2 Å². The second kappa shape index (κ2) is 6.62. The maximum absolute atomic E-state index is 8.94. The summed E-state index contributed by atoms with van der Waals surface area (Å²) < 4.78 is 5.26. The zero-order chi connectivity index (χ0) is 17.3. The van der Waals surface area contributed by atoms with Gasteiger partial charge in [0.1, 0.15) is 5.82 Å². The second-order valence-corrected chi connectivity index (χ2v) is 6.03. The van der Waals surface area contributed by atoms with Crippen molar-refractivity contribution in [3.63, 3.8) is 0 Å². The van der Waals surface area contributed by atoms with E-state index < -0.39 is 0 Å². The van der Waals surface area contributed by atoms with Gasteiger partial charge in [0.15, 0.2) is 0 Å². The van der Waals surface area contributed by atoms with Crippen molar-refractivity contribution in [2.45, 2.75) is 19.1 Å². The first-order chi connectivity index (χ1) is 11.5. The van der Waals surface area contributed by atoms with E-state index in [-0.39, 0.29) is 12.1 Å². The van der Waals surface area contributed by atoms with Crippen molar-refractivity contribution in [1.29, 1.82) is 5.26 Å². The number of rotatable bonds is 4. The van der Waals surface area contributed by atoms with Crippen molar-refractivity contribution >= 4 is 22.6 Å². The van der Waals surface area contributed by atoms with Crippen molar-refractivity contribution in [1.82, 2.24) is 9.97 Å². The highest BCUT2D eigenvalue weighted by Crippen LogP contribution is 2.31. The summed E-state index contributed by atoms with van der Waals surface area (Å²) in [5.74, 6) is 0.683. The number of halogens is 1. The van der Waals surface area contributed by atoms with Crippen LogP contribution in [0.15, 0.2) is 36.4 Å². The molecule has 3 rings (SSSR count). The van der Waals surface area contributed by atoms with Gasteiger partial charge in [-0.15, -0.1) is 0 Å². The minimum atomic E-state index is -0.329. The lowest BCUT2D eigenvalue weighted by molar-refractivity contribution is 0.0935. The largest absolute Gasteiger partial charge is 0.380 e. The summed E-state index contributed by atoms with van der Waals surface area (Å²) in [5.41, 5.74) is 10.2. The van der Waals surface area contributed by atoms with E-state index >= 15 is 0 Å². The lowest BCUT2D eigenvalue weighted by Gasteiger charge is -2.15. The van der Waals surface area contributed by atoms with Gasteiger partial charge in [-0.05, 0) is 36.8 Å². The van der Waals surface area contributed by atoms with Crippen LogP contribution >= 0.6 is 11.6 Å². The molecule has 6 heteroatoms. The van der Waals surface area contributed by atoms with E-state index in [2.05, 4.69) is 16.0 Å². The summed E-state index contributed by atoms with van der Waals surface area (Å²) in [6.45, 7) is 1.90. The number of fused-ring (bicyclic) bond motifs is 1. The first-order valence-corrected chi connectivity index (χ1v) is 7.89. The molecule has 2 aromatic carbocycles. The van der Waals surface area contributed by atoms with Gasteiger partial charge >= 0.3 is 0 Å². The third kappa shape index (κ3) is 3.00. The summed E-state index contributed by atoms with van der Waals surface area (Å²) in [4.78, 5) is 7.78. The Labute approximate surface area is 145 Å². The van der Waals surface area contributed by atoms with Gasteiger partial charge in [0, 0.05) is 17.7 Å². The number of aromatic amines is 1. The number of methoxy groups -OCH3 is 1. The molecule has 24 heavy (non-hydrogen) atoms. The summed E-state index contributed by atoms with van der Waals surface area (Å²) in [6, 6.07) is 12.9. The third-order valence-corrected chi connectivity index (χ3v) is 4.42. The zero-order valence-electron chi connectivity index (χ0n) is 13.4. The van der Waals surface area contributed by atoms with Gasteiger partial charge in [0.25, 0.3) is 0 Å². The van der Waals surface area contributed by atoms with E-state index in [9.17, 15) is 0 Å². The Kier molecular flexibility index (Phi) is 4.54. The Balaban J connectivity index is 2.02. The monoisotopic (exact) mass is 340 g/mol. The molecule has 0 amide bonds. The molecule has 0 aliphatic carbocycles. The molecule has 5 nitrogen and oxygen atoms in total. The molecule has 0 saturated carbocycles. The van der Waals surface area contributed by atoms with Crippen molar-refractivity contribution in [3.05, 3.63) is 52.8 Å². The van der Waals surface area contributed by atoms with Crippen LogP contribution < -0.4 is 5.73 Å². The van der Waals surface area contributed by atoms with Crippen molar-refractivity contribution < 1.29 is 4.74 Å². The van der Waals surface area contributed by atoms with Crippen LogP contribution in [0.25, 0.3) is 22.2 Å². The molecule has 0 aliphatic rings. The number of imidazole rings is 1. The van der Waals surface area contributed by atoms with Crippen LogP contribution in [-0.2, 0) is 4.74 Å². The van der Waals surface area contributed by atoms with Gasteiger partial charge in [-0.2, -0.15) is 5.26 Å². The van der Waals surface area contributed by atoms with Crippen molar-refractivity contribution in [3.8, 4) is 17.2 Å². The highest BCUT2D eigenvalue weighted by molar-refractivity contribution is 6.33. The fourth-order valence-corrected chi connectivity index (χ4v) is 2.83. The number of benzene rings is 2. The van der Waals surface area contributed by atoms with Gasteiger partial charge in [0.05, 0.1) is 34.8 Å². The highest BCUT2D eigenvalue weighted by Gasteiger charge is 2.18. The van der Waals surface area contributed by atoms with Crippen LogP contribution in [0, 0.1) is 11.3 Å². The van der Waals surface area contributed by atoms with Crippen molar-refractivity contribution in [2.75, 3.05) is 7.11 Å². The number of hydrogen-bond donors (Lipinski definition) is 2. The predicted molar refractivity (Wildman–Crippen MR) is 94.7 cm³/mol. The standard InChI is InChI=1S/C18H17ClN4O/c1-10(24-2)17(21)18-22-15-6-4-12(8-16(15)23-18)13-5-3-11(9-20)7-14(13)19/h3-8,10,17H,21H2,1-2H3,(H,22,23). The topological polar surface area (TPSA) is 87.7 Å². The van der Waals surface area contributed by atoms with Gasteiger partial charge in [0.2, 0.25) is 0 Å². The van der Waals surface area contributed by atoms with E-state index in [1.807, 2.05) is 31.2 Å². The number of H-pyrrole nitrogens is 1. The molecule has 2 atom stereocenters. The molecule has 0 spiro atoms. The van der Waals surface area contributed by atoms with Gasteiger partial charge in [-0.3, -0.25) is 0 Å². The number of hydrogen-bond acceptors (Lipinski definition) is 4. The maximum atomic E-state index is 8.94. The normalized spacial score (nSPS) is 13.6. The molecular formula is C18H17ClN4O. The SMILES string of the molecule is COC(C)C(N)c1nc2ccc(-c3ccc(C#N)cc3Cl)cc2[nH]1. The lowest BCUT2D eigenvalue weighted by atomic mass is 10.0. The van der Waals surface area contributed by atoms with Crippen LogP contribution in [0.3, 0.4) is 0 Å². The van der Waals surface area contributed by atoms with Gasteiger partial charge in [-0.1, -0.05) is 23.7 Å². The molecule has 2 unspecified atom stereocenters. The minimum absolute atomic E-state index is 0.141. The highest BCUT2D eigenvalue weighted by atomic mass is 35.5. The number of nitrogens with one attached hydrogen (secondary N) is 1. The second-order valence-electron chi connectivity index (χ2n) is 5.63.